The summed E-state index contributed by atoms with van der Waals surface area (Å²) < 4.78 is 0. The summed E-state index contributed by atoms with van der Waals surface area (Å²) in [7, 11) is 0. The van der Waals surface area contributed by atoms with Crippen LogP contribution >= 0.6 is 11.6 Å². The van der Waals surface area contributed by atoms with Gasteiger partial charge in [-0.2, -0.15) is 0 Å². The topological polar surface area (TPSA) is 15.8 Å². The molecule has 0 amide bonds. The van der Waals surface area contributed by atoms with Crippen molar-refractivity contribution in [3.8, 4) is 0 Å². The Hall–Kier alpha value is -1.73. The second-order valence-electron chi connectivity index (χ2n) is 4.69. The van der Waals surface area contributed by atoms with Gasteiger partial charge in [0.2, 0.25) is 0 Å². The number of H-pyrrole nitrogens is 1. The van der Waals surface area contributed by atoms with Crippen molar-refractivity contribution in [3.63, 3.8) is 0 Å². The maximum atomic E-state index is 6.03. The van der Waals surface area contributed by atoms with E-state index in [0.717, 1.165) is 17.0 Å². The molecule has 0 saturated heterocycles. The number of aromatic amines is 1. The molecule has 1 unspecified atom stereocenters. The largest absolute Gasteiger partial charge is 0.361 e. The molecule has 0 aliphatic rings. The fourth-order valence-corrected chi connectivity index (χ4v) is 2.77. The quantitative estimate of drug-likeness (QED) is 0.674. The molecular weight excluding hydrogens is 254 g/mol. The molecule has 2 heteroatoms. The molecule has 95 valence electrons. The summed E-state index contributed by atoms with van der Waals surface area (Å²) in [4.78, 5) is 3.30. The van der Waals surface area contributed by atoms with Gasteiger partial charge in [0.15, 0.2) is 0 Å². The average Bonchev–Trinajstić information content (AvgIpc) is 2.84. The van der Waals surface area contributed by atoms with Crippen molar-refractivity contribution in [1.82, 2.24) is 4.98 Å². The summed E-state index contributed by atoms with van der Waals surface area (Å²) in [6.07, 6.45) is 2.91. The van der Waals surface area contributed by atoms with Gasteiger partial charge in [-0.25, -0.2) is 0 Å². The molecule has 0 spiro atoms. The molecule has 1 aromatic heterocycles. The highest BCUT2D eigenvalue weighted by Gasteiger charge is 2.16. The first-order chi connectivity index (χ1) is 9.29. The lowest BCUT2D eigenvalue weighted by molar-refractivity contribution is 0.834. The standard InChI is InChI=1S/C17H15ClN/c1-2-14(12-6-4-3-5-7-12)16-11-19-17-10-13(18)8-9-15(16)17/h3-11,14,19H,1-2H2. The molecule has 0 aliphatic carbocycles. The van der Waals surface area contributed by atoms with Crippen LogP contribution in [0.15, 0.2) is 54.7 Å². The first-order valence-corrected chi connectivity index (χ1v) is 6.78. The van der Waals surface area contributed by atoms with Gasteiger partial charge in [-0.3, -0.25) is 0 Å². The van der Waals surface area contributed by atoms with Gasteiger partial charge < -0.3 is 4.98 Å². The molecule has 1 radical (unpaired) electrons. The van der Waals surface area contributed by atoms with E-state index < -0.39 is 0 Å². The lowest BCUT2D eigenvalue weighted by Crippen LogP contribution is -1.98. The molecule has 1 nitrogen and oxygen atoms in total. The minimum atomic E-state index is 0.316. The van der Waals surface area contributed by atoms with Crippen molar-refractivity contribution in [2.24, 2.45) is 0 Å². The van der Waals surface area contributed by atoms with Crippen molar-refractivity contribution < 1.29 is 0 Å². The average molecular weight is 269 g/mol. The maximum Gasteiger partial charge on any atom is 0.0471 e. The van der Waals surface area contributed by atoms with Gasteiger partial charge >= 0.3 is 0 Å². The van der Waals surface area contributed by atoms with E-state index in [2.05, 4.69) is 48.4 Å². The highest BCUT2D eigenvalue weighted by Crippen LogP contribution is 2.33. The molecule has 3 aromatic rings. The van der Waals surface area contributed by atoms with Gasteiger partial charge in [0.25, 0.3) is 0 Å². The van der Waals surface area contributed by atoms with Gasteiger partial charge in [-0.05, 0) is 29.7 Å². The second kappa shape index (κ2) is 5.10. The summed E-state index contributed by atoms with van der Waals surface area (Å²) >= 11 is 6.03. The van der Waals surface area contributed by atoms with Crippen LogP contribution in [-0.2, 0) is 0 Å². The zero-order valence-electron chi connectivity index (χ0n) is 10.6. The van der Waals surface area contributed by atoms with Crippen molar-refractivity contribution in [2.75, 3.05) is 0 Å². The van der Waals surface area contributed by atoms with Crippen molar-refractivity contribution in [1.29, 1.82) is 0 Å². The minimum Gasteiger partial charge on any atom is -0.361 e. The van der Waals surface area contributed by atoms with E-state index in [1.807, 2.05) is 18.2 Å². The third-order valence-electron chi connectivity index (χ3n) is 3.54. The second-order valence-corrected chi connectivity index (χ2v) is 5.12. The molecule has 1 heterocycles. The Morgan fingerprint density at radius 1 is 1.11 bits per heavy atom. The summed E-state index contributed by atoms with van der Waals surface area (Å²) in [5, 5.41) is 1.98. The Bertz CT molecular complexity index is 685. The zero-order valence-corrected chi connectivity index (χ0v) is 11.3. The van der Waals surface area contributed by atoms with Gasteiger partial charge in [-0.15, -0.1) is 0 Å². The Labute approximate surface area is 118 Å². The first kappa shape index (κ1) is 12.3. The van der Waals surface area contributed by atoms with E-state index >= 15 is 0 Å². The maximum absolute atomic E-state index is 6.03. The number of rotatable bonds is 3. The van der Waals surface area contributed by atoms with Crippen molar-refractivity contribution in [2.45, 2.75) is 12.3 Å². The third kappa shape index (κ3) is 2.26. The summed E-state index contributed by atoms with van der Waals surface area (Å²) in [5.41, 5.74) is 3.66. The number of hydrogen-bond donors (Lipinski definition) is 1. The number of aromatic nitrogens is 1. The molecule has 1 N–H and O–H groups in total. The van der Waals surface area contributed by atoms with Crippen molar-refractivity contribution in [3.05, 3.63) is 77.8 Å². The highest BCUT2D eigenvalue weighted by atomic mass is 35.5. The first-order valence-electron chi connectivity index (χ1n) is 6.40. The molecule has 2 aromatic carbocycles. The molecule has 1 atom stereocenters. The van der Waals surface area contributed by atoms with Gasteiger partial charge in [0, 0.05) is 28.0 Å². The van der Waals surface area contributed by atoms with Gasteiger partial charge in [0.1, 0.15) is 0 Å². The molecule has 19 heavy (non-hydrogen) atoms. The summed E-state index contributed by atoms with van der Waals surface area (Å²) in [6, 6.07) is 16.5. The Kier molecular flexibility index (Phi) is 3.31. The SMILES string of the molecule is [CH2]CC(c1ccccc1)c1c[nH]c2cc(Cl)ccc12. The van der Waals surface area contributed by atoms with Crippen LogP contribution < -0.4 is 0 Å². The van der Waals surface area contributed by atoms with E-state index in [0.29, 0.717) is 5.92 Å². The van der Waals surface area contributed by atoms with E-state index in [4.69, 9.17) is 11.6 Å². The van der Waals surface area contributed by atoms with E-state index in [-0.39, 0.29) is 0 Å². The monoisotopic (exact) mass is 268 g/mol. The van der Waals surface area contributed by atoms with Crippen LogP contribution in [0, 0.1) is 6.92 Å². The van der Waals surface area contributed by atoms with Crippen LogP contribution in [0.2, 0.25) is 5.02 Å². The van der Waals surface area contributed by atoms with E-state index in [1.165, 1.54) is 16.5 Å². The molecule has 0 bridgehead atoms. The fraction of sp³-hybridized carbons (Fsp3) is 0.118. The molecule has 3 rings (SSSR count). The Balaban J connectivity index is 2.12. The zero-order chi connectivity index (χ0) is 13.2. The number of fused-ring (bicyclic) bond motifs is 1. The number of nitrogens with one attached hydrogen (secondary N) is 1. The third-order valence-corrected chi connectivity index (χ3v) is 3.78. The van der Waals surface area contributed by atoms with Crippen LogP contribution in [0.25, 0.3) is 10.9 Å². The predicted octanol–water partition coefficient (Wildman–Crippen LogP) is 5.18. The smallest absolute Gasteiger partial charge is 0.0471 e. The number of halogens is 1. The van der Waals surface area contributed by atoms with Crippen LogP contribution in [0.4, 0.5) is 0 Å². The van der Waals surface area contributed by atoms with E-state index in [9.17, 15) is 0 Å². The minimum absolute atomic E-state index is 0.316. The molecule has 0 saturated carbocycles. The lowest BCUT2D eigenvalue weighted by Gasteiger charge is -2.14. The van der Waals surface area contributed by atoms with Crippen LogP contribution in [0.3, 0.4) is 0 Å². The molecular formula is C17H15ClN. The van der Waals surface area contributed by atoms with Gasteiger partial charge in [-0.1, -0.05) is 54.9 Å². The fourth-order valence-electron chi connectivity index (χ4n) is 2.60. The predicted molar refractivity (Wildman–Crippen MR) is 81.6 cm³/mol. The summed E-state index contributed by atoms with van der Waals surface area (Å²) in [6.45, 7) is 4.10. The van der Waals surface area contributed by atoms with Crippen LogP contribution in [0.5, 0.6) is 0 Å². The van der Waals surface area contributed by atoms with Crippen LogP contribution in [-0.4, -0.2) is 4.98 Å². The number of hydrogen-bond acceptors (Lipinski definition) is 0. The summed E-state index contributed by atoms with van der Waals surface area (Å²) in [5.74, 6) is 0.316. The van der Waals surface area contributed by atoms with E-state index in [1.54, 1.807) is 0 Å². The van der Waals surface area contributed by atoms with Gasteiger partial charge in [0.05, 0.1) is 0 Å². The molecule has 0 fully saturated rings. The van der Waals surface area contributed by atoms with Crippen LogP contribution in [0.1, 0.15) is 23.5 Å². The Morgan fingerprint density at radius 2 is 1.89 bits per heavy atom. The molecule has 0 aliphatic heterocycles. The number of benzene rings is 2. The Morgan fingerprint density at radius 3 is 2.63 bits per heavy atom. The normalized spacial score (nSPS) is 12.7. The van der Waals surface area contributed by atoms with Crippen molar-refractivity contribution >= 4 is 22.5 Å². The lowest BCUT2D eigenvalue weighted by atomic mass is 9.89. The highest BCUT2D eigenvalue weighted by molar-refractivity contribution is 6.31.